The Kier molecular flexibility index (Phi) is 5.24. The van der Waals surface area contributed by atoms with E-state index in [-0.39, 0.29) is 17.5 Å². The Labute approximate surface area is 138 Å². The maximum Gasteiger partial charge on any atom is 0.152 e. The van der Waals surface area contributed by atoms with Crippen molar-refractivity contribution in [1.82, 2.24) is 15.1 Å². The van der Waals surface area contributed by atoms with Crippen molar-refractivity contribution in [2.45, 2.75) is 53.1 Å². The van der Waals surface area contributed by atoms with Crippen LogP contribution in [0.25, 0.3) is 0 Å². The highest BCUT2D eigenvalue weighted by atomic mass is 35.5. The Balaban J connectivity index is 2.02. The average molecular weight is 348 g/mol. The van der Waals surface area contributed by atoms with Gasteiger partial charge in [-0.15, -0.1) is 0 Å². The van der Waals surface area contributed by atoms with E-state index in [1.807, 2.05) is 6.92 Å². The lowest BCUT2D eigenvalue weighted by atomic mass is 9.92. The van der Waals surface area contributed by atoms with Gasteiger partial charge < -0.3 is 5.32 Å². The molecule has 0 saturated carbocycles. The van der Waals surface area contributed by atoms with Crippen LogP contribution in [0.3, 0.4) is 0 Å². The first kappa shape index (κ1) is 17.8. The van der Waals surface area contributed by atoms with Gasteiger partial charge in [0, 0.05) is 12.1 Å². The van der Waals surface area contributed by atoms with Crippen molar-refractivity contribution in [3.63, 3.8) is 0 Å². The van der Waals surface area contributed by atoms with E-state index in [1.54, 1.807) is 4.68 Å². The highest BCUT2D eigenvalue weighted by molar-refractivity contribution is 7.91. The molecule has 1 fully saturated rings. The molecule has 0 amide bonds. The molecule has 1 N–H and O–H groups in total. The smallest absolute Gasteiger partial charge is 0.152 e. The second kappa shape index (κ2) is 6.49. The zero-order chi connectivity index (χ0) is 16.5. The Morgan fingerprint density at radius 3 is 2.64 bits per heavy atom. The largest absolute Gasteiger partial charge is 0.312 e. The molecule has 7 heteroatoms. The molecular weight excluding hydrogens is 322 g/mol. The van der Waals surface area contributed by atoms with Gasteiger partial charge in [-0.05, 0) is 31.7 Å². The number of sulfone groups is 1. The first-order chi connectivity index (χ1) is 10.1. The summed E-state index contributed by atoms with van der Waals surface area (Å²) in [5, 5.41) is 8.44. The summed E-state index contributed by atoms with van der Waals surface area (Å²) in [6, 6.07) is -0.125. The number of nitrogens with zero attached hydrogens (tertiary/aromatic N) is 2. The number of halogens is 1. The minimum atomic E-state index is -2.94. The van der Waals surface area contributed by atoms with E-state index in [0.29, 0.717) is 23.5 Å². The average Bonchev–Trinajstić information content (AvgIpc) is 2.86. The van der Waals surface area contributed by atoms with Crippen molar-refractivity contribution < 1.29 is 8.42 Å². The summed E-state index contributed by atoms with van der Waals surface area (Å²) in [7, 11) is -2.94. The highest BCUT2D eigenvalue weighted by Gasteiger charge is 2.31. The molecule has 1 aliphatic rings. The fourth-order valence-corrected chi connectivity index (χ4v) is 4.71. The molecule has 0 unspecified atom stereocenters. The van der Waals surface area contributed by atoms with Crippen molar-refractivity contribution in [2.75, 3.05) is 18.1 Å². The molecule has 1 saturated heterocycles. The van der Waals surface area contributed by atoms with E-state index in [2.05, 4.69) is 31.2 Å². The number of rotatable bonds is 5. The van der Waals surface area contributed by atoms with Gasteiger partial charge >= 0.3 is 0 Å². The van der Waals surface area contributed by atoms with E-state index in [4.69, 9.17) is 11.6 Å². The third kappa shape index (κ3) is 4.46. The van der Waals surface area contributed by atoms with Gasteiger partial charge in [-0.25, -0.2) is 13.1 Å². The van der Waals surface area contributed by atoms with Gasteiger partial charge in [0.1, 0.15) is 5.15 Å². The maximum atomic E-state index is 11.6. The van der Waals surface area contributed by atoms with E-state index >= 15 is 0 Å². The predicted octanol–water partition coefficient (Wildman–Crippen LogP) is 2.73. The molecular formula is C15H26ClN3O2S. The van der Waals surface area contributed by atoms with Crippen LogP contribution < -0.4 is 5.32 Å². The van der Waals surface area contributed by atoms with E-state index in [0.717, 1.165) is 24.2 Å². The third-order valence-electron chi connectivity index (χ3n) is 4.05. The Morgan fingerprint density at radius 1 is 1.41 bits per heavy atom. The highest BCUT2D eigenvalue weighted by Crippen LogP contribution is 2.29. The molecule has 22 heavy (non-hydrogen) atoms. The predicted molar refractivity (Wildman–Crippen MR) is 90.1 cm³/mol. The van der Waals surface area contributed by atoms with Crippen molar-refractivity contribution in [3.8, 4) is 0 Å². The molecule has 1 aromatic rings. The topological polar surface area (TPSA) is 64.0 Å². The monoisotopic (exact) mass is 347 g/mol. The summed E-state index contributed by atoms with van der Waals surface area (Å²) in [6.07, 6.45) is 1.68. The van der Waals surface area contributed by atoms with Crippen molar-refractivity contribution >= 4 is 21.4 Å². The Bertz CT molecular complexity index is 632. The van der Waals surface area contributed by atoms with Crippen LogP contribution in [-0.4, -0.2) is 36.2 Å². The van der Waals surface area contributed by atoms with Gasteiger partial charge in [0.2, 0.25) is 0 Å². The van der Waals surface area contributed by atoms with Crippen LogP contribution in [0.5, 0.6) is 0 Å². The lowest BCUT2D eigenvalue weighted by Gasteiger charge is -2.18. The lowest BCUT2D eigenvalue weighted by Crippen LogP contribution is -2.20. The van der Waals surface area contributed by atoms with Gasteiger partial charge in [-0.1, -0.05) is 32.4 Å². The van der Waals surface area contributed by atoms with E-state index in [9.17, 15) is 8.42 Å². The Morgan fingerprint density at radius 2 is 2.09 bits per heavy atom. The molecule has 0 spiro atoms. The number of hydrogen-bond donors (Lipinski definition) is 1. The van der Waals surface area contributed by atoms with Crippen LogP contribution in [-0.2, 0) is 16.4 Å². The second-order valence-electron chi connectivity index (χ2n) is 7.34. The molecule has 1 aromatic heterocycles. The first-order valence-corrected chi connectivity index (χ1v) is 9.94. The Hall–Kier alpha value is -0.590. The summed E-state index contributed by atoms with van der Waals surface area (Å²) < 4.78 is 24.9. The minimum Gasteiger partial charge on any atom is -0.312 e. The third-order valence-corrected chi connectivity index (χ3v) is 6.20. The number of aromatic nitrogens is 2. The molecule has 0 bridgehead atoms. The molecule has 126 valence electrons. The van der Waals surface area contributed by atoms with Gasteiger partial charge in [0.25, 0.3) is 0 Å². The van der Waals surface area contributed by atoms with Gasteiger partial charge in [0.05, 0.1) is 23.2 Å². The van der Waals surface area contributed by atoms with Crippen LogP contribution in [0, 0.1) is 12.3 Å². The van der Waals surface area contributed by atoms with E-state index < -0.39 is 9.84 Å². The summed E-state index contributed by atoms with van der Waals surface area (Å²) in [5.74, 6) is 0.372. The fourth-order valence-electron chi connectivity index (χ4n) is 2.64. The molecule has 2 heterocycles. The van der Waals surface area contributed by atoms with Crippen LogP contribution in [0.2, 0.25) is 5.15 Å². The standard InChI is InChI=1S/C15H26ClN3O2S/c1-11-13(9-17-7-6-15(2,3)4)14(16)19(18-11)12-5-8-22(20,21)10-12/h12,17H,5-10H2,1-4H3/t12-/m1/s1. The van der Waals surface area contributed by atoms with Gasteiger partial charge in [0.15, 0.2) is 9.84 Å². The molecule has 5 nitrogen and oxygen atoms in total. The van der Waals surface area contributed by atoms with E-state index in [1.165, 1.54) is 0 Å². The quantitative estimate of drug-likeness (QED) is 0.832. The molecule has 2 rings (SSSR count). The second-order valence-corrected chi connectivity index (χ2v) is 9.93. The SMILES string of the molecule is Cc1nn([C@@H]2CCS(=O)(=O)C2)c(Cl)c1CNCCC(C)(C)C. The van der Waals surface area contributed by atoms with Gasteiger partial charge in [-0.2, -0.15) is 5.10 Å². The zero-order valence-electron chi connectivity index (χ0n) is 13.8. The van der Waals surface area contributed by atoms with Crippen molar-refractivity contribution in [3.05, 3.63) is 16.4 Å². The number of aryl methyl sites for hydroxylation is 1. The van der Waals surface area contributed by atoms with Crippen molar-refractivity contribution in [1.29, 1.82) is 0 Å². The van der Waals surface area contributed by atoms with Gasteiger partial charge in [-0.3, -0.25) is 0 Å². The van der Waals surface area contributed by atoms with Crippen LogP contribution in [0.4, 0.5) is 0 Å². The molecule has 0 aromatic carbocycles. The molecule has 0 radical (unpaired) electrons. The number of nitrogens with one attached hydrogen (secondary N) is 1. The summed E-state index contributed by atoms with van der Waals surface area (Å²) >= 11 is 6.44. The first-order valence-electron chi connectivity index (χ1n) is 7.74. The summed E-state index contributed by atoms with van der Waals surface area (Å²) in [5.41, 5.74) is 2.14. The minimum absolute atomic E-state index is 0.125. The summed E-state index contributed by atoms with van der Waals surface area (Å²) in [4.78, 5) is 0. The number of hydrogen-bond acceptors (Lipinski definition) is 4. The zero-order valence-corrected chi connectivity index (χ0v) is 15.4. The molecule has 1 aliphatic heterocycles. The van der Waals surface area contributed by atoms with Crippen LogP contribution in [0.15, 0.2) is 0 Å². The lowest BCUT2D eigenvalue weighted by molar-refractivity contribution is 0.366. The fraction of sp³-hybridized carbons (Fsp3) is 0.800. The van der Waals surface area contributed by atoms with Crippen molar-refractivity contribution in [2.24, 2.45) is 5.41 Å². The normalized spacial score (nSPS) is 21.4. The maximum absolute atomic E-state index is 11.6. The van der Waals surface area contributed by atoms with Crippen LogP contribution >= 0.6 is 11.6 Å². The van der Waals surface area contributed by atoms with Crippen LogP contribution in [0.1, 0.15) is 50.9 Å². The molecule has 0 aliphatic carbocycles. The molecule has 1 atom stereocenters. The summed E-state index contributed by atoms with van der Waals surface area (Å²) in [6.45, 7) is 10.2.